The fraction of sp³-hybridized carbons (Fsp3) is 0.130. The Morgan fingerprint density at radius 2 is 1.81 bits per heavy atom. The molecular weight excluding hydrogens is 412 g/mol. The molecule has 0 aliphatic rings. The van der Waals surface area contributed by atoms with Gasteiger partial charge in [0, 0.05) is 23.9 Å². The Morgan fingerprint density at radius 3 is 2.61 bits per heavy atom. The van der Waals surface area contributed by atoms with Crippen LogP contribution in [0.3, 0.4) is 0 Å². The van der Waals surface area contributed by atoms with Gasteiger partial charge in [-0.2, -0.15) is 5.26 Å². The number of aromatic nitrogens is 1. The zero-order valence-electron chi connectivity index (χ0n) is 16.8. The monoisotopic (exact) mass is 432 g/mol. The number of rotatable bonds is 7. The van der Waals surface area contributed by atoms with E-state index in [0.29, 0.717) is 28.0 Å². The van der Waals surface area contributed by atoms with Crippen LogP contribution in [0.15, 0.2) is 71.6 Å². The van der Waals surface area contributed by atoms with E-state index in [9.17, 15) is 13.7 Å². The van der Waals surface area contributed by atoms with Crippen LogP contribution in [0, 0.1) is 11.3 Å². The second-order valence-electron chi connectivity index (χ2n) is 6.86. The molecule has 156 valence electrons. The first kappa shape index (κ1) is 20.6. The van der Waals surface area contributed by atoms with Gasteiger partial charge in [-0.05, 0) is 35.7 Å². The predicted octanol–water partition coefficient (Wildman–Crippen LogP) is 3.66. The minimum absolute atomic E-state index is 0.138. The predicted molar refractivity (Wildman–Crippen MR) is 121 cm³/mol. The quantitative estimate of drug-likeness (QED) is 0.432. The lowest BCUT2D eigenvalue weighted by Crippen LogP contribution is -2.29. The van der Waals surface area contributed by atoms with Gasteiger partial charge >= 0.3 is 0 Å². The van der Waals surface area contributed by atoms with E-state index in [1.165, 1.54) is 0 Å². The maximum absolute atomic E-state index is 12.8. The lowest BCUT2D eigenvalue weighted by molar-refractivity contribution is 0.415. The summed E-state index contributed by atoms with van der Waals surface area (Å²) in [6.45, 7) is 0.409. The van der Waals surface area contributed by atoms with Crippen molar-refractivity contribution in [2.24, 2.45) is 0 Å². The van der Waals surface area contributed by atoms with Crippen molar-refractivity contribution in [3.63, 3.8) is 0 Å². The van der Waals surface area contributed by atoms with Crippen LogP contribution >= 0.6 is 0 Å². The summed E-state index contributed by atoms with van der Waals surface area (Å²) in [7, 11) is -2.11. The number of methoxy groups -OCH3 is 1. The standard InChI is InChI=1S/C23H20N4O3S/c1-30-19-9-10-21-17(14-19)13-18(15-24)23(27-21)25-11-12-26-31(28,29)22-8-4-6-16-5-2-3-7-20(16)22/h2-10,13-14,26H,11-12H2,1H3,(H,25,27). The maximum atomic E-state index is 12.8. The van der Waals surface area contributed by atoms with Crippen molar-refractivity contribution < 1.29 is 13.2 Å². The second kappa shape index (κ2) is 8.60. The minimum atomic E-state index is -3.69. The number of fused-ring (bicyclic) bond motifs is 2. The number of hydrogen-bond acceptors (Lipinski definition) is 6. The van der Waals surface area contributed by atoms with E-state index in [4.69, 9.17) is 4.74 Å². The van der Waals surface area contributed by atoms with Crippen molar-refractivity contribution in [2.75, 3.05) is 25.5 Å². The topological polar surface area (TPSA) is 104 Å². The van der Waals surface area contributed by atoms with Crippen molar-refractivity contribution in [1.82, 2.24) is 9.71 Å². The summed E-state index contributed by atoms with van der Waals surface area (Å²) in [5, 5.41) is 14.8. The van der Waals surface area contributed by atoms with Crippen molar-refractivity contribution in [1.29, 1.82) is 5.26 Å². The smallest absolute Gasteiger partial charge is 0.241 e. The van der Waals surface area contributed by atoms with Crippen LogP contribution in [0.5, 0.6) is 5.75 Å². The number of nitrogens with one attached hydrogen (secondary N) is 2. The Bertz CT molecular complexity index is 1410. The molecule has 0 spiro atoms. The molecule has 4 aromatic rings. The molecule has 1 heterocycles. The highest BCUT2D eigenvalue weighted by atomic mass is 32.2. The van der Waals surface area contributed by atoms with Gasteiger partial charge < -0.3 is 10.1 Å². The molecule has 0 aliphatic heterocycles. The fourth-order valence-corrected chi connectivity index (χ4v) is 4.64. The molecule has 0 bridgehead atoms. The molecule has 4 rings (SSSR count). The lowest BCUT2D eigenvalue weighted by atomic mass is 10.1. The summed E-state index contributed by atoms with van der Waals surface area (Å²) >= 11 is 0. The van der Waals surface area contributed by atoms with Gasteiger partial charge in [0.2, 0.25) is 10.0 Å². The highest BCUT2D eigenvalue weighted by molar-refractivity contribution is 7.89. The average molecular weight is 433 g/mol. The largest absolute Gasteiger partial charge is 0.497 e. The van der Waals surface area contributed by atoms with Gasteiger partial charge in [0.25, 0.3) is 0 Å². The third-order valence-electron chi connectivity index (χ3n) is 4.89. The Hall–Kier alpha value is -3.67. The number of nitriles is 1. The Kier molecular flexibility index (Phi) is 5.71. The van der Waals surface area contributed by atoms with Gasteiger partial charge in [0.15, 0.2) is 0 Å². The first-order valence-electron chi connectivity index (χ1n) is 9.62. The fourth-order valence-electron chi connectivity index (χ4n) is 3.38. The van der Waals surface area contributed by atoms with Gasteiger partial charge in [0.1, 0.15) is 17.6 Å². The molecule has 3 aromatic carbocycles. The molecular formula is C23H20N4O3S. The number of benzene rings is 3. The van der Waals surface area contributed by atoms with Crippen molar-refractivity contribution in [2.45, 2.75) is 4.90 Å². The Balaban J connectivity index is 1.48. The van der Waals surface area contributed by atoms with Gasteiger partial charge in [0.05, 0.1) is 23.1 Å². The number of hydrogen-bond donors (Lipinski definition) is 2. The molecule has 7 nitrogen and oxygen atoms in total. The summed E-state index contributed by atoms with van der Waals surface area (Å²) in [6, 6.07) is 21.8. The van der Waals surface area contributed by atoms with Crippen LogP contribution in [-0.4, -0.2) is 33.6 Å². The van der Waals surface area contributed by atoms with Crippen LogP contribution in [0.25, 0.3) is 21.7 Å². The summed E-state index contributed by atoms with van der Waals surface area (Å²) in [4.78, 5) is 4.73. The highest BCUT2D eigenvalue weighted by Crippen LogP contribution is 2.24. The maximum Gasteiger partial charge on any atom is 0.241 e. The number of ether oxygens (including phenoxy) is 1. The zero-order chi connectivity index (χ0) is 21.8. The zero-order valence-corrected chi connectivity index (χ0v) is 17.6. The molecule has 1 aromatic heterocycles. The van der Waals surface area contributed by atoms with Crippen molar-refractivity contribution in [3.8, 4) is 11.8 Å². The highest BCUT2D eigenvalue weighted by Gasteiger charge is 2.16. The summed E-state index contributed by atoms with van der Waals surface area (Å²) < 4.78 is 33.4. The molecule has 31 heavy (non-hydrogen) atoms. The average Bonchev–Trinajstić information content (AvgIpc) is 2.80. The summed E-state index contributed by atoms with van der Waals surface area (Å²) in [5.74, 6) is 1.09. The van der Waals surface area contributed by atoms with Crippen LogP contribution in [0.2, 0.25) is 0 Å². The molecule has 8 heteroatoms. The van der Waals surface area contributed by atoms with Crippen molar-refractivity contribution in [3.05, 3.63) is 72.3 Å². The number of pyridine rings is 1. The molecule has 0 amide bonds. The summed E-state index contributed by atoms with van der Waals surface area (Å²) in [6.07, 6.45) is 0. The normalized spacial score (nSPS) is 11.4. The number of nitrogens with zero attached hydrogens (tertiary/aromatic N) is 2. The van der Waals surface area contributed by atoms with Crippen LogP contribution in [-0.2, 0) is 10.0 Å². The molecule has 0 radical (unpaired) electrons. The van der Waals surface area contributed by atoms with Gasteiger partial charge in [-0.1, -0.05) is 36.4 Å². The lowest BCUT2D eigenvalue weighted by Gasteiger charge is -2.12. The van der Waals surface area contributed by atoms with E-state index in [1.54, 1.807) is 37.4 Å². The van der Waals surface area contributed by atoms with Crippen LogP contribution in [0.4, 0.5) is 5.82 Å². The third kappa shape index (κ3) is 4.28. The summed E-state index contributed by atoms with van der Waals surface area (Å²) in [5.41, 5.74) is 1.08. The second-order valence-corrected chi connectivity index (χ2v) is 8.59. The van der Waals surface area contributed by atoms with E-state index < -0.39 is 10.0 Å². The minimum Gasteiger partial charge on any atom is -0.497 e. The van der Waals surface area contributed by atoms with Crippen LogP contribution < -0.4 is 14.8 Å². The van der Waals surface area contributed by atoms with E-state index in [-0.39, 0.29) is 18.0 Å². The van der Waals surface area contributed by atoms with E-state index in [2.05, 4.69) is 21.1 Å². The molecule has 0 aliphatic carbocycles. The van der Waals surface area contributed by atoms with Crippen molar-refractivity contribution >= 4 is 37.5 Å². The van der Waals surface area contributed by atoms with Gasteiger partial charge in [-0.25, -0.2) is 18.1 Å². The Labute approximate surface area is 180 Å². The van der Waals surface area contributed by atoms with E-state index in [1.807, 2.05) is 36.4 Å². The molecule has 2 N–H and O–H groups in total. The molecule has 0 saturated heterocycles. The molecule has 0 unspecified atom stereocenters. The number of sulfonamides is 1. The molecule has 0 fully saturated rings. The van der Waals surface area contributed by atoms with Gasteiger partial charge in [-0.15, -0.1) is 0 Å². The third-order valence-corrected chi connectivity index (χ3v) is 6.41. The number of anilines is 1. The first-order chi connectivity index (χ1) is 15.0. The first-order valence-corrected chi connectivity index (χ1v) is 11.1. The van der Waals surface area contributed by atoms with Crippen LogP contribution in [0.1, 0.15) is 5.56 Å². The molecule has 0 saturated carbocycles. The molecule has 0 atom stereocenters. The Morgan fingerprint density at radius 1 is 1.00 bits per heavy atom. The van der Waals surface area contributed by atoms with E-state index in [0.717, 1.165) is 10.8 Å². The SMILES string of the molecule is COc1ccc2nc(NCCNS(=O)(=O)c3cccc4ccccc34)c(C#N)cc2c1. The van der Waals surface area contributed by atoms with Gasteiger partial charge in [-0.3, -0.25) is 0 Å². The van der Waals surface area contributed by atoms with E-state index >= 15 is 0 Å².